The maximum absolute atomic E-state index is 12.3. The van der Waals surface area contributed by atoms with Gasteiger partial charge in [-0.2, -0.15) is 0 Å². The van der Waals surface area contributed by atoms with Crippen LogP contribution >= 0.6 is 11.6 Å². The van der Waals surface area contributed by atoms with Crippen LogP contribution in [-0.2, 0) is 5.41 Å². The van der Waals surface area contributed by atoms with Crippen molar-refractivity contribution in [3.05, 3.63) is 70.8 Å². The second kappa shape index (κ2) is 8.11. The number of halogens is 1. The lowest BCUT2D eigenvalue weighted by Gasteiger charge is -2.34. The van der Waals surface area contributed by atoms with Crippen LogP contribution < -0.4 is 15.0 Å². The quantitative estimate of drug-likeness (QED) is 0.540. The van der Waals surface area contributed by atoms with E-state index in [2.05, 4.69) is 41.5 Å². The SMILES string of the molecule is COc1cccc2c1N(C)[C@@H](CCCNC(=O)c1ccc(Cl)cc1)[C@@]21C=CCC1. The van der Waals surface area contributed by atoms with Crippen LogP contribution in [0.1, 0.15) is 41.6 Å². The number of anilines is 1. The molecule has 0 unspecified atom stereocenters. The van der Waals surface area contributed by atoms with Gasteiger partial charge in [-0.1, -0.05) is 35.9 Å². The average molecular weight is 411 g/mol. The lowest BCUT2D eigenvalue weighted by atomic mass is 9.74. The summed E-state index contributed by atoms with van der Waals surface area (Å²) in [5, 5.41) is 3.67. The van der Waals surface area contributed by atoms with Gasteiger partial charge in [-0.3, -0.25) is 4.79 Å². The van der Waals surface area contributed by atoms with Crippen LogP contribution in [0.2, 0.25) is 5.02 Å². The maximum Gasteiger partial charge on any atom is 0.251 e. The average Bonchev–Trinajstić information content (AvgIpc) is 3.31. The van der Waals surface area contributed by atoms with E-state index in [-0.39, 0.29) is 11.3 Å². The largest absolute Gasteiger partial charge is 0.495 e. The number of fused-ring (bicyclic) bond motifs is 2. The van der Waals surface area contributed by atoms with Gasteiger partial charge in [0.2, 0.25) is 0 Å². The second-order valence-corrected chi connectivity index (χ2v) is 8.31. The van der Waals surface area contributed by atoms with Gasteiger partial charge in [0.25, 0.3) is 5.91 Å². The molecule has 1 aliphatic heterocycles. The molecule has 1 aliphatic carbocycles. The Labute approximate surface area is 177 Å². The van der Waals surface area contributed by atoms with Crippen molar-refractivity contribution in [1.29, 1.82) is 0 Å². The zero-order valence-corrected chi connectivity index (χ0v) is 17.7. The number of benzene rings is 2. The summed E-state index contributed by atoms with van der Waals surface area (Å²) in [7, 11) is 3.90. The molecule has 1 amide bonds. The third-order valence-electron chi connectivity index (χ3n) is 6.32. The summed E-state index contributed by atoms with van der Waals surface area (Å²) in [5.41, 5.74) is 3.25. The third kappa shape index (κ3) is 3.51. The van der Waals surface area contributed by atoms with E-state index in [1.165, 1.54) is 11.3 Å². The molecule has 1 spiro atoms. The number of hydrogen-bond acceptors (Lipinski definition) is 3. The fraction of sp³-hybridized carbons (Fsp3) is 0.375. The minimum absolute atomic E-state index is 0.0405. The summed E-state index contributed by atoms with van der Waals surface area (Å²) >= 11 is 5.90. The number of rotatable bonds is 6. The Bertz CT molecular complexity index is 925. The molecule has 0 fully saturated rings. The molecular weight excluding hydrogens is 384 g/mol. The molecule has 29 heavy (non-hydrogen) atoms. The van der Waals surface area contributed by atoms with Gasteiger partial charge in [0.05, 0.1) is 12.8 Å². The Morgan fingerprint density at radius 1 is 1.28 bits per heavy atom. The highest BCUT2D eigenvalue weighted by Crippen LogP contribution is 2.54. The van der Waals surface area contributed by atoms with Crippen molar-refractivity contribution in [2.24, 2.45) is 0 Å². The molecular formula is C24H27ClN2O2. The minimum atomic E-state index is -0.0538. The molecule has 152 valence electrons. The van der Waals surface area contributed by atoms with E-state index in [9.17, 15) is 4.79 Å². The highest BCUT2D eigenvalue weighted by atomic mass is 35.5. The van der Waals surface area contributed by atoms with E-state index in [1.807, 2.05) is 6.07 Å². The fourth-order valence-corrected chi connectivity index (χ4v) is 5.09. The first-order valence-corrected chi connectivity index (χ1v) is 10.6. The highest BCUT2D eigenvalue weighted by Gasteiger charge is 2.49. The van der Waals surface area contributed by atoms with Gasteiger partial charge in [-0.25, -0.2) is 0 Å². The summed E-state index contributed by atoms with van der Waals surface area (Å²) in [5.74, 6) is 0.880. The molecule has 0 aromatic heterocycles. The third-order valence-corrected chi connectivity index (χ3v) is 6.57. The zero-order chi connectivity index (χ0) is 20.4. The Morgan fingerprint density at radius 3 is 2.76 bits per heavy atom. The van der Waals surface area contributed by atoms with Gasteiger partial charge in [-0.05, 0) is 61.6 Å². The van der Waals surface area contributed by atoms with Gasteiger partial charge in [0.15, 0.2) is 0 Å². The standard InChI is InChI=1S/C24H27ClN2O2/c1-27-21(9-6-16-26-23(28)17-10-12-18(25)13-11-17)24(14-3-4-15-24)19-7-5-8-20(29-2)22(19)27/h3,5,7-8,10-14,21H,4,6,9,15-16H2,1-2H3,(H,26,28)/t21-,24+/m0/s1. The molecule has 0 bridgehead atoms. The molecule has 4 rings (SSSR count). The Kier molecular flexibility index (Phi) is 5.55. The van der Waals surface area contributed by atoms with Crippen LogP contribution in [0.4, 0.5) is 5.69 Å². The minimum Gasteiger partial charge on any atom is -0.495 e. The second-order valence-electron chi connectivity index (χ2n) is 7.87. The molecule has 0 saturated carbocycles. The van der Waals surface area contributed by atoms with E-state index in [1.54, 1.807) is 31.4 Å². The summed E-state index contributed by atoms with van der Waals surface area (Å²) in [6.45, 7) is 0.652. The number of carbonyl (C=O) groups excluding carboxylic acids is 1. The van der Waals surface area contributed by atoms with Crippen LogP contribution in [0.3, 0.4) is 0 Å². The number of ether oxygens (including phenoxy) is 1. The topological polar surface area (TPSA) is 41.6 Å². The van der Waals surface area contributed by atoms with Gasteiger partial charge in [-0.15, -0.1) is 0 Å². The molecule has 5 heteroatoms. The summed E-state index contributed by atoms with van der Waals surface area (Å²) in [4.78, 5) is 14.7. The van der Waals surface area contributed by atoms with E-state index in [0.717, 1.165) is 31.4 Å². The lowest BCUT2D eigenvalue weighted by molar-refractivity contribution is 0.0952. The van der Waals surface area contributed by atoms with Crippen LogP contribution in [0, 0.1) is 0 Å². The van der Waals surface area contributed by atoms with Gasteiger partial charge >= 0.3 is 0 Å². The molecule has 2 aromatic rings. The number of allylic oxidation sites excluding steroid dienone is 1. The van der Waals surface area contributed by atoms with Crippen molar-refractivity contribution in [3.8, 4) is 5.75 Å². The van der Waals surface area contributed by atoms with Crippen molar-refractivity contribution < 1.29 is 9.53 Å². The smallest absolute Gasteiger partial charge is 0.251 e. The van der Waals surface area contributed by atoms with Crippen molar-refractivity contribution in [2.75, 3.05) is 25.6 Å². The molecule has 2 aromatic carbocycles. The van der Waals surface area contributed by atoms with Crippen molar-refractivity contribution >= 4 is 23.2 Å². The first kappa shape index (κ1) is 19.8. The maximum atomic E-state index is 12.3. The number of para-hydroxylation sites is 1. The van der Waals surface area contributed by atoms with Crippen LogP contribution in [-0.4, -0.2) is 32.7 Å². The number of amides is 1. The molecule has 4 nitrogen and oxygen atoms in total. The first-order chi connectivity index (χ1) is 14.1. The molecule has 1 heterocycles. The lowest BCUT2D eigenvalue weighted by Crippen LogP contribution is -2.41. The van der Waals surface area contributed by atoms with E-state index >= 15 is 0 Å². The monoisotopic (exact) mass is 410 g/mol. The first-order valence-electron chi connectivity index (χ1n) is 10.2. The molecule has 2 atom stereocenters. The Hall–Kier alpha value is -2.46. The van der Waals surface area contributed by atoms with Gasteiger partial charge in [0, 0.05) is 35.6 Å². The van der Waals surface area contributed by atoms with E-state index in [0.29, 0.717) is 23.2 Å². The Balaban J connectivity index is 1.44. The van der Waals surface area contributed by atoms with Crippen LogP contribution in [0.25, 0.3) is 0 Å². The fourth-order valence-electron chi connectivity index (χ4n) is 4.96. The summed E-state index contributed by atoms with van der Waals surface area (Å²) in [6.07, 6.45) is 8.84. The van der Waals surface area contributed by atoms with Gasteiger partial charge < -0.3 is 15.0 Å². The van der Waals surface area contributed by atoms with Crippen LogP contribution in [0.15, 0.2) is 54.6 Å². The number of nitrogens with one attached hydrogen (secondary N) is 1. The Morgan fingerprint density at radius 2 is 2.07 bits per heavy atom. The van der Waals surface area contributed by atoms with Gasteiger partial charge in [0.1, 0.15) is 5.75 Å². The predicted octanol–water partition coefficient (Wildman–Crippen LogP) is 4.97. The van der Waals surface area contributed by atoms with Crippen molar-refractivity contribution in [1.82, 2.24) is 5.32 Å². The molecule has 2 aliphatic rings. The molecule has 1 N–H and O–H groups in total. The number of hydrogen-bond donors (Lipinski definition) is 1. The van der Waals surface area contributed by atoms with E-state index < -0.39 is 0 Å². The van der Waals surface area contributed by atoms with E-state index in [4.69, 9.17) is 16.3 Å². The van der Waals surface area contributed by atoms with Crippen LogP contribution in [0.5, 0.6) is 5.75 Å². The highest BCUT2D eigenvalue weighted by molar-refractivity contribution is 6.30. The molecule has 0 saturated heterocycles. The molecule has 0 radical (unpaired) electrons. The van der Waals surface area contributed by atoms with Crippen molar-refractivity contribution in [3.63, 3.8) is 0 Å². The summed E-state index contributed by atoms with van der Waals surface area (Å²) in [6, 6.07) is 13.7. The predicted molar refractivity (Wildman–Crippen MR) is 118 cm³/mol. The number of methoxy groups -OCH3 is 1. The number of likely N-dealkylation sites (N-methyl/N-ethyl adjacent to an activating group) is 1. The normalized spacial score (nSPS) is 22.2. The number of carbonyl (C=O) groups is 1. The van der Waals surface area contributed by atoms with Crippen molar-refractivity contribution in [2.45, 2.75) is 37.1 Å². The summed E-state index contributed by atoms with van der Waals surface area (Å²) < 4.78 is 5.66. The zero-order valence-electron chi connectivity index (χ0n) is 17.0. The number of nitrogens with zero attached hydrogens (tertiary/aromatic N) is 1.